The number of nitrogens with zero attached hydrogens (tertiary/aromatic N) is 1. The van der Waals surface area contributed by atoms with Gasteiger partial charge in [0.25, 0.3) is 0 Å². The van der Waals surface area contributed by atoms with Crippen LogP contribution < -0.4 is 10.6 Å². The molecule has 2 heterocycles. The highest BCUT2D eigenvalue weighted by Crippen LogP contribution is 2.26. The van der Waals surface area contributed by atoms with Gasteiger partial charge in [0.1, 0.15) is 0 Å². The quantitative estimate of drug-likeness (QED) is 0.739. The van der Waals surface area contributed by atoms with Gasteiger partial charge < -0.3 is 15.5 Å². The molecule has 3 rings (SSSR count). The van der Waals surface area contributed by atoms with E-state index in [0.29, 0.717) is 18.3 Å². The molecule has 0 saturated carbocycles. The average molecular weight is 400 g/mol. The van der Waals surface area contributed by atoms with E-state index in [1.165, 1.54) is 12.8 Å². The Bertz CT molecular complexity index is 649. The van der Waals surface area contributed by atoms with Gasteiger partial charge in [0.2, 0.25) is 11.8 Å². The number of carbonyl (C=O) groups excluding carboxylic acids is 2. The van der Waals surface area contributed by atoms with Crippen molar-refractivity contribution in [3.63, 3.8) is 0 Å². The summed E-state index contributed by atoms with van der Waals surface area (Å²) in [5, 5.41) is 6.62. The second kappa shape index (κ2) is 10.8. The molecule has 1 aromatic carbocycles. The molecule has 160 valence electrons. The van der Waals surface area contributed by atoms with Crippen molar-refractivity contribution in [3.8, 4) is 0 Å². The van der Waals surface area contributed by atoms with Crippen molar-refractivity contribution in [3.05, 3.63) is 35.9 Å². The van der Waals surface area contributed by atoms with E-state index in [0.717, 1.165) is 51.0 Å². The Balaban J connectivity index is 1.43. The van der Waals surface area contributed by atoms with Crippen LogP contribution in [0, 0.1) is 11.8 Å². The average Bonchev–Trinajstić information content (AvgIpc) is 2.76. The minimum absolute atomic E-state index is 0.0619. The number of piperidine rings is 2. The summed E-state index contributed by atoms with van der Waals surface area (Å²) in [5.74, 6) is 1.44. The molecule has 2 fully saturated rings. The summed E-state index contributed by atoms with van der Waals surface area (Å²) in [6, 6.07) is 10.3. The predicted molar refractivity (Wildman–Crippen MR) is 117 cm³/mol. The van der Waals surface area contributed by atoms with Crippen LogP contribution in [-0.4, -0.2) is 48.9 Å². The molecule has 2 amide bonds. The molecule has 2 aliphatic heterocycles. The van der Waals surface area contributed by atoms with Crippen molar-refractivity contribution < 1.29 is 9.59 Å². The summed E-state index contributed by atoms with van der Waals surface area (Å²) in [6.45, 7) is 7.90. The third-order valence-corrected chi connectivity index (χ3v) is 6.78. The molecule has 0 radical (unpaired) electrons. The smallest absolute Gasteiger partial charge is 0.230 e. The van der Waals surface area contributed by atoms with Gasteiger partial charge in [-0.25, -0.2) is 0 Å². The van der Waals surface area contributed by atoms with E-state index in [2.05, 4.69) is 24.5 Å². The Morgan fingerprint density at radius 3 is 2.38 bits per heavy atom. The van der Waals surface area contributed by atoms with Gasteiger partial charge in [0.05, 0.1) is 5.92 Å². The lowest BCUT2D eigenvalue weighted by Crippen LogP contribution is -2.48. The number of carbonyl (C=O) groups is 2. The highest BCUT2D eigenvalue weighted by atomic mass is 16.2. The van der Waals surface area contributed by atoms with Crippen molar-refractivity contribution in [2.24, 2.45) is 11.8 Å². The molecule has 0 bridgehead atoms. The SMILES string of the molecule is CCC(C(=O)N1CCC(NC(=O)CC(C)C2CCNCC2)CC1)c1ccccc1. The molecule has 0 aromatic heterocycles. The summed E-state index contributed by atoms with van der Waals surface area (Å²) >= 11 is 0. The second-order valence-corrected chi connectivity index (χ2v) is 8.81. The molecule has 2 N–H and O–H groups in total. The minimum Gasteiger partial charge on any atom is -0.353 e. The third kappa shape index (κ3) is 6.05. The third-order valence-electron chi connectivity index (χ3n) is 6.78. The van der Waals surface area contributed by atoms with Gasteiger partial charge in [0.15, 0.2) is 0 Å². The van der Waals surface area contributed by atoms with Crippen LogP contribution in [0.1, 0.15) is 63.9 Å². The molecule has 0 aliphatic carbocycles. The van der Waals surface area contributed by atoms with Crippen molar-refractivity contribution in [1.29, 1.82) is 0 Å². The molecule has 0 spiro atoms. The summed E-state index contributed by atoms with van der Waals surface area (Å²) in [5.41, 5.74) is 1.10. The van der Waals surface area contributed by atoms with Crippen LogP contribution >= 0.6 is 0 Å². The van der Waals surface area contributed by atoms with Gasteiger partial charge in [-0.3, -0.25) is 9.59 Å². The molecule has 5 nitrogen and oxygen atoms in total. The zero-order valence-electron chi connectivity index (χ0n) is 18.0. The first kappa shape index (κ1) is 21.8. The first-order valence-corrected chi connectivity index (χ1v) is 11.4. The van der Waals surface area contributed by atoms with Gasteiger partial charge in [-0.15, -0.1) is 0 Å². The van der Waals surface area contributed by atoms with Crippen LogP contribution in [0.4, 0.5) is 0 Å². The molecular weight excluding hydrogens is 362 g/mol. The van der Waals surface area contributed by atoms with Crippen molar-refractivity contribution in [2.75, 3.05) is 26.2 Å². The summed E-state index contributed by atoms with van der Waals surface area (Å²) in [6.07, 6.45) is 5.49. The van der Waals surface area contributed by atoms with Gasteiger partial charge in [-0.2, -0.15) is 0 Å². The number of nitrogens with one attached hydrogen (secondary N) is 2. The van der Waals surface area contributed by atoms with E-state index in [4.69, 9.17) is 0 Å². The second-order valence-electron chi connectivity index (χ2n) is 8.81. The summed E-state index contributed by atoms with van der Waals surface area (Å²) in [7, 11) is 0. The van der Waals surface area contributed by atoms with Crippen LogP contribution in [0.2, 0.25) is 0 Å². The first-order chi connectivity index (χ1) is 14.1. The van der Waals surface area contributed by atoms with Crippen molar-refractivity contribution in [2.45, 2.75) is 64.3 Å². The largest absolute Gasteiger partial charge is 0.353 e. The van der Waals surface area contributed by atoms with E-state index in [1.807, 2.05) is 35.2 Å². The van der Waals surface area contributed by atoms with E-state index in [9.17, 15) is 9.59 Å². The molecule has 29 heavy (non-hydrogen) atoms. The maximum Gasteiger partial charge on any atom is 0.230 e. The molecule has 2 atom stereocenters. The summed E-state index contributed by atoms with van der Waals surface area (Å²) in [4.78, 5) is 27.5. The predicted octanol–water partition coefficient (Wildman–Crippen LogP) is 3.31. The Hall–Kier alpha value is -1.88. The molecule has 1 aromatic rings. The standard InChI is InChI=1S/C24H37N3O2/c1-3-22(20-7-5-4-6-8-20)24(29)27-15-11-21(12-16-27)26-23(28)17-18(2)19-9-13-25-14-10-19/h4-8,18-19,21-22,25H,3,9-17H2,1-2H3,(H,26,28). The normalized spacial score (nSPS) is 20.8. The zero-order valence-corrected chi connectivity index (χ0v) is 18.0. The highest BCUT2D eigenvalue weighted by molar-refractivity contribution is 5.84. The van der Waals surface area contributed by atoms with Crippen LogP contribution in [0.15, 0.2) is 30.3 Å². The number of benzene rings is 1. The Kier molecular flexibility index (Phi) is 8.10. The number of amides is 2. The Morgan fingerprint density at radius 2 is 1.76 bits per heavy atom. The maximum atomic E-state index is 13.0. The van der Waals surface area contributed by atoms with E-state index >= 15 is 0 Å². The lowest BCUT2D eigenvalue weighted by atomic mass is 9.84. The summed E-state index contributed by atoms with van der Waals surface area (Å²) < 4.78 is 0. The van der Waals surface area contributed by atoms with Gasteiger partial charge >= 0.3 is 0 Å². The van der Waals surface area contributed by atoms with Crippen molar-refractivity contribution >= 4 is 11.8 Å². The lowest BCUT2D eigenvalue weighted by molar-refractivity contribution is -0.134. The van der Waals surface area contributed by atoms with E-state index in [-0.39, 0.29) is 23.8 Å². The number of hydrogen-bond donors (Lipinski definition) is 2. The number of hydrogen-bond acceptors (Lipinski definition) is 3. The van der Waals surface area contributed by atoms with Gasteiger partial charge in [0, 0.05) is 25.6 Å². The number of likely N-dealkylation sites (tertiary alicyclic amines) is 1. The van der Waals surface area contributed by atoms with Crippen molar-refractivity contribution in [1.82, 2.24) is 15.5 Å². The molecular formula is C24H37N3O2. The minimum atomic E-state index is -0.0619. The molecule has 2 saturated heterocycles. The zero-order chi connectivity index (χ0) is 20.6. The van der Waals surface area contributed by atoms with E-state index < -0.39 is 0 Å². The Morgan fingerprint density at radius 1 is 1.10 bits per heavy atom. The Labute approximate surface area is 175 Å². The van der Waals surface area contributed by atoms with Crippen LogP contribution in [0.3, 0.4) is 0 Å². The van der Waals surface area contributed by atoms with Gasteiger partial charge in [-0.05, 0) is 62.6 Å². The molecule has 5 heteroatoms. The van der Waals surface area contributed by atoms with Crippen LogP contribution in [-0.2, 0) is 9.59 Å². The first-order valence-electron chi connectivity index (χ1n) is 11.4. The topological polar surface area (TPSA) is 61.4 Å². The maximum absolute atomic E-state index is 13.0. The van der Waals surface area contributed by atoms with Gasteiger partial charge in [-0.1, -0.05) is 44.2 Å². The van der Waals surface area contributed by atoms with Crippen LogP contribution in [0.25, 0.3) is 0 Å². The van der Waals surface area contributed by atoms with Crippen LogP contribution in [0.5, 0.6) is 0 Å². The monoisotopic (exact) mass is 399 g/mol. The molecule has 2 aliphatic rings. The lowest BCUT2D eigenvalue weighted by Gasteiger charge is -2.35. The number of rotatable bonds is 7. The molecule has 2 unspecified atom stereocenters. The van der Waals surface area contributed by atoms with E-state index in [1.54, 1.807) is 0 Å². The fourth-order valence-electron chi connectivity index (χ4n) is 4.86. The fraction of sp³-hybridized carbons (Fsp3) is 0.667. The highest BCUT2D eigenvalue weighted by Gasteiger charge is 2.29. The fourth-order valence-corrected chi connectivity index (χ4v) is 4.86.